The Balaban J connectivity index is 1.75. The largest absolute Gasteiger partial charge is 0.493 e. The summed E-state index contributed by atoms with van der Waals surface area (Å²) in [5.41, 5.74) is 1.06. The average molecular weight is 407 g/mol. The Kier molecular flexibility index (Phi) is 10.5. The minimum absolute atomic E-state index is 0.628. The molecule has 1 fully saturated rings. The smallest absolute Gasteiger partial charge is 0.203 e. The summed E-state index contributed by atoms with van der Waals surface area (Å²) in [6, 6.07) is 3.92. The summed E-state index contributed by atoms with van der Waals surface area (Å²) < 4.78 is 16.4. The molecule has 0 bridgehead atoms. The van der Waals surface area contributed by atoms with Gasteiger partial charge in [-0.25, -0.2) is 0 Å². The van der Waals surface area contributed by atoms with Crippen molar-refractivity contribution >= 4 is 5.96 Å². The van der Waals surface area contributed by atoms with Crippen LogP contribution < -0.4 is 24.8 Å². The molecule has 7 heteroatoms. The lowest BCUT2D eigenvalue weighted by molar-refractivity contribution is 0.282. The summed E-state index contributed by atoms with van der Waals surface area (Å²) in [6.45, 7) is 5.33. The first-order valence-corrected chi connectivity index (χ1v) is 10.7. The minimum atomic E-state index is 0.628. The number of aliphatic imine (C=N–C) groups is 1. The van der Waals surface area contributed by atoms with Gasteiger partial charge in [-0.3, -0.25) is 4.99 Å². The van der Waals surface area contributed by atoms with Crippen LogP contribution >= 0.6 is 0 Å². The standard InChI is InChI=1S/C22H38N4O3/c1-23-22(24-13-9-17-26-15-7-5-6-8-16-26)25-14-12-18-10-11-19(27-2)21(29-4)20(18)28-3/h10-11H,5-9,12-17H2,1-4H3,(H2,23,24,25). The second kappa shape index (κ2) is 13.1. The van der Waals surface area contributed by atoms with Crippen LogP contribution in [-0.2, 0) is 6.42 Å². The van der Waals surface area contributed by atoms with Crippen LogP contribution in [0.2, 0.25) is 0 Å². The molecule has 2 N–H and O–H groups in total. The second-order valence-corrected chi connectivity index (χ2v) is 7.28. The van der Waals surface area contributed by atoms with Crippen molar-refractivity contribution in [2.45, 2.75) is 38.5 Å². The number of likely N-dealkylation sites (tertiary alicyclic amines) is 1. The summed E-state index contributed by atoms with van der Waals surface area (Å²) in [6.07, 6.45) is 7.38. The number of benzene rings is 1. The molecular formula is C22H38N4O3. The molecule has 1 aliphatic heterocycles. The lowest BCUT2D eigenvalue weighted by atomic mass is 10.1. The van der Waals surface area contributed by atoms with E-state index in [1.807, 2.05) is 12.1 Å². The highest BCUT2D eigenvalue weighted by Gasteiger charge is 2.15. The van der Waals surface area contributed by atoms with Gasteiger partial charge in [-0.1, -0.05) is 18.9 Å². The van der Waals surface area contributed by atoms with Gasteiger partial charge in [0.15, 0.2) is 17.5 Å². The van der Waals surface area contributed by atoms with E-state index >= 15 is 0 Å². The number of nitrogens with zero attached hydrogens (tertiary/aromatic N) is 2. The Morgan fingerprint density at radius 1 is 0.931 bits per heavy atom. The molecule has 0 aromatic heterocycles. The molecule has 1 saturated heterocycles. The van der Waals surface area contributed by atoms with Crippen LogP contribution in [0.1, 0.15) is 37.7 Å². The predicted molar refractivity (Wildman–Crippen MR) is 119 cm³/mol. The van der Waals surface area contributed by atoms with Gasteiger partial charge < -0.3 is 29.7 Å². The van der Waals surface area contributed by atoms with E-state index in [1.165, 1.54) is 38.8 Å². The maximum absolute atomic E-state index is 5.56. The van der Waals surface area contributed by atoms with Crippen LogP contribution in [0.15, 0.2) is 17.1 Å². The zero-order chi connectivity index (χ0) is 20.9. The fourth-order valence-corrected chi connectivity index (χ4v) is 3.77. The molecule has 1 aliphatic rings. The third kappa shape index (κ3) is 7.31. The van der Waals surface area contributed by atoms with Crippen molar-refractivity contribution < 1.29 is 14.2 Å². The van der Waals surface area contributed by atoms with Crippen LogP contribution in [0.5, 0.6) is 17.2 Å². The van der Waals surface area contributed by atoms with Crippen molar-refractivity contribution in [3.05, 3.63) is 17.7 Å². The molecule has 164 valence electrons. The van der Waals surface area contributed by atoms with E-state index in [-0.39, 0.29) is 0 Å². The molecule has 2 rings (SSSR count). The first-order chi connectivity index (χ1) is 14.2. The summed E-state index contributed by atoms with van der Waals surface area (Å²) in [7, 11) is 6.71. The third-order valence-electron chi connectivity index (χ3n) is 5.34. The second-order valence-electron chi connectivity index (χ2n) is 7.28. The van der Waals surface area contributed by atoms with Crippen molar-refractivity contribution in [1.82, 2.24) is 15.5 Å². The average Bonchev–Trinajstić information content (AvgIpc) is 3.03. The summed E-state index contributed by atoms with van der Waals surface area (Å²) in [5, 5.41) is 6.80. The number of ether oxygens (including phenoxy) is 3. The quantitative estimate of drug-likeness (QED) is 0.354. The molecule has 0 saturated carbocycles. The molecule has 1 aromatic carbocycles. The van der Waals surface area contributed by atoms with Crippen molar-refractivity contribution in [2.24, 2.45) is 4.99 Å². The van der Waals surface area contributed by atoms with E-state index in [4.69, 9.17) is 14.2 Å². The summed E-state index contributed by atoms with van der Waals surface area (Å²) >= 11 is 0. The molecule has 0 atom stereocenters. The lowest BCUT2D eigenvalue weighted by Gasteiger charge is -2.20. The molecule has 29 heavy (non-hydrogen) atoms. The van der Waals surface area contributed by atoms with Gasteiger partial charge in [0.2, 0.25) is 5.75 Å². The summed E-state index contributed by atoms with van der Waals surface area (Å²) in [4.78, 5) is 6.92. The third-order valence-corrected chi connectivity index (χ3v) is 5.34. The van der Waals surface area contributed by atoms with E-state index in [9.17, 15) is 0 Å². The Bertz CT molecular complexity index is 629. The lowest BCUT2D eigenvalue weighted by Crippen LogP contribution is -2.39. The van der Waals surface area contributed by atoms with Crippen LogP contribution in [0, 0.1) is 0 Å². The molecular weight excluding hydrogens is 368 g/mol. The van der Waals surface area contributed by atoms with Crippen molar-refractivity contribution in [3.8, 4) is 17.2 Å². The molecule has 1 heterocycles. The zero-order valence-electron chi connectivity index (χ0n) is 18.6. The first-order valence-electron chi connectivity index (χ1n) is 10.7. The summed E-state index contributed by atoms with van der Waals surface area (Å²) in [5.74, 6) is 2.85. The molecule has 0 aliphatic carbocycles. The number of hydrogen-bond acceptors (Lipinski definition) is 5. The van der Waals surface area contributed by atoms with E-state index in [2.05, 4.69) is 20.5 Å². The number of methoxy groups -OCH3 is 3. The first kappa shape index (κ1) is 23.1. The molecule has 0 radical (unpaired) electrons. The molecule has 0 unspecified atom stereocenters. The predicted octanol–water partition coefficient (Wildman–Crippen LogP) is 2.69. The van der Waals surface area contributed by atoms with Gasteiger partial charge in [-0.2, -0.15) is 0 Å². The van der Waals surface area contributed by atoms with Gasteiger partial charge in [0, 0.05) is 25.7 Å². The van der Waals surface area contributed by atoms with Crippen LogP contribution in [0.25, 0.3) is 0 Å². The highest BCUT2D eigenvalue weighted by molar-refractivity contribution is 5.79. The Morgan fingerprint density at radius 2 is 1.62 bits per heavy atom. The SMILES string of the molecule is CN=C(NCCCN1CCCCCC1)NCCc1ccc(OC)c(OC)c1OC. The molecule has 0 spiro atoms. The normalized spacial score (nSPS) is 15.5. The Labute approximate surface area is 175 Å². The Morgan fingerprint density at radius 3 is 2.24 bits per heavy atom. The highest BCUT2D eigenvalue weighted by atomic mass is 16.5. The fourth-order valence-electron chi connectivity index (χ4n) is 3.77. The van der Waals surface area contributed by atoms with Gasteiger partial charge >= 0.3 is 0 Å². The number of nitrogens with one attached hydrogen (secondary N) is 2. The van der Waals surface area contributed by atoms with Crippen LogP contribution in [0.4, 0.5) is 0 Å². The van der Waals surface area contributed by atoms with Crippen molar-refractivity contribution in [3.63, 3.8) is 0 Å². The van der Waals surface area contributed by atoms with E-state index in [0.29, 0.717) is 17.2 Å². The Hall–Kier alpha value is -2.15. The van der Waals surface area contributed by atoms with Gasteiger partial charge in [0.1, 0.15) is 0 Å². The topological polar surface area (TPSA) is 67.4 Å². The van der Waals surface area contributed by atoms with Crippen molar-refractivity contribution in [2.75, 3.05) is 61.1 Å². The number of hydrogen-bond donors (Lipinski definition) is 2. The molecule has 0 amide bonds. The molecule has 7 nitrogen and oxygen atoms in total. The van der Waals surface area contributed by atoms with Gasteiger partial charge in [0.25, 0.3) is 0 Å². The maximum atomic E-state index is 5.56. The minimum Gasteiger partial charge on any atom is -0.493 e. The zero-order valence-corrected chi connectivity index (χ0v) is 18.6. The maximum Gasteiger partial charge on any atom is 0.203 e. The highest BCUT2D eigenvalue weighted by Crippen LogP contribution is 2.39. The van der Waals surface area contributed by atoms with Crippen molar-refractivity contribution in [1.29, 1.82) is 0 Å². The van der Waals surface area contributed by atoms with Gasteiger partial charge in [-0.15, -0.1) is 0 Å². The van der Waals surface area contributed by atoms with Gasteiger partial charge in [0.05, 0.1) is 21.3 Å². The fraction of sp³-hybridized carbons (Fsp3) is 0.682. The molecule has 1 aromatic rings. The van der Waals surface area contributed by atoms with E-state index < -0.39 is 0 Å². The van der Waals surface area contributed by atoms with Gasteiger partial charge in [-0.05, 0) is 51.4 Å². The number of rotatable bonds is 10. The number of guanidine groups is 1. The van der Waals surface area contributed by atoms with Crippen LogP contribution in [0.3, 0.4) is 0 Å². The van der Waals surface area contributed by atoms with E-state index in [1.54, 1.807) is 28.4 Å². The van der Waals surface area contributed by atoms with Crippen LogP contribution in [-0.4, -0.2) is 72.0 Å². The monoisotopic (exact) mass is 406 g/mol. The van der Waals surface area contributed by atoms with E-state index in [0.717, 1.165) is 44.0 Å².